The molecule has 0 aromatic heterocycles. The molecule has 0 spiro atoms. The smallest absolute Gasteiger partial charge is 0.170 e. The molecule has 3 heteroatoms. The second kappa shape index (κ2) is 6.41. The van der Waals surface area contributed by atoms with Gasteiger partial charge in [-0.15, -0.1) is 0 Å². The van der Waals surface area contributed by atoms with Crippen LogP contribution in [0.15, 0.2) is 29.8 Å². The third-order valence-corrected chi connectivity index (χ3v) is 3.48. The SMILES string of the molecule is COc1ccc(C(=O)CC2=CCCCC2)c(OC)c1. The molecule has 19 heavy (non-hydrogen) atoms. The molecule has 0 radical (unpaired) electrons. The molecule has 3 nitrogen and oxygen atoms in total. The first kappa shape index (κ1) is 13.7. The normalized spacial score (nSPS) is 14.7. The molecule has 1 aromatic rings. The van der Waals surface area contributed by atoms with E-state index in [1.165, 1.54) is 18.4 Å². The van der Waals surface area contributed by atoms with Crippen LogP contribution in [0.25, 0.3) is 0 Å². The van der Waals surface area contributed by atoms with Gasteiger partial charge in [-0.2, -0.15) is 0 Å². The Kier molecular flexibility index (Phi) is 4.61. The Morgan fingerprint density at radius 3 is 2.68 bits per heavy atom. The van der Waals surface area contributed by atoms with Crippen LogP contribution in [0, 0.1) is 0 Å². The number of hydrogen-bond donors (Lipinski definition) is 0. The van der Waals surface area contributed by atoms with E-state index in [0.717, 1.165) is 12.8 Å². The van der Waals surface area contributed by atoms with Gasteiger partial charge in [0.1, 0.15) is 11.5 Å². The molecular weight excluding hydrogens is 240 g/mol. The van der Waals surface area contributed by atoms with Gasteiger partial charge in [0.2, 0.25) is 0 Å². The van der Waals surface area contributed by atoms with Crippen LogP contribution in [-0.4, -0.2) is 20.0 Å². The zero-order chi connectivity index (χ0) is 13.7. The monoisotopic (exact) mass is 260 g/mol. The van der Waals surface area contributed by atoms with Gasteiger partial charge in [0.25, 0.3) is 0 Å². The molecule has 0 aliphatic heterocycles. The quantitative estimate of drug-likeness (QED) is 0.597. The summed E-state index contributed by atoms with van der Waals surface area (Å²) in [6, 6.07) is 5.33. The number of methoxy groups -OCH3 is 2. The summed E-state index contributed by atoms with van der Waals surface area (Å²) in [5.41, 5.74) is 1.89. The molecule has 0 heterocycles. The third kappa shape index (κ3) is 3.37. The maximum atomic E-state index is 12.3. The first-order valence-electron chi connectivity index (χ1n) is 6.67. The fourth-order valence-corrected chi connectivity index (χ4v) is 2.40. The van der Waals surface area contributed by atoms with Gasteiger partial charge in [-0.25, -0.2) is 0 Å². The minimum absolute atomic E-state index is 0.118. The van der Waals surface area contributed by atoms with E-state index >= 15 is 0 Å². The van der Waals surface area contributed by atoms with Crippen molar-refractivity contribution in [1.82, 2.24) is 0 Å². The second-order valence-electron chi connectivity index (χ2n) is 4.77. The van der Waals surface area contributed by atoms with Crippen LogP contribution in [-0.2, 0) is 0 Å². The highest BCUT2D eigenvalue weighted by Crippen LogP contribution is 2.28. The fraction of sp³-hybridized carbons (Fsp3) is 0.438. The molecule has 0 saturated carbocycles. The van der Waals surface area contributed by atoms with Crippen molar-refractivity contribution in [1.29, 1.82) is 0 Å². The van der Waals surface area contributed by atoms with Crippen molar-refractivity contribution in [3.8, 4) is 11.5 Å². The van der Waals surface area contributed by atoms with E-state index in [1.54, 1.807) is 32.4 Å². The molecule has 0 N–H and O–H groups in total. The summed E-state index contributed by atoms with van der Waals surface area (Å²) < 4.78 is 10.4. The lowest BCUT2D eigenvalue weighted by Gasteiger charge is -2.13. The average molecular weight is 260 g/mol. The second-order valence-corrected chi connectivity index (χ2v) is 4.77. The van der Waals surface area contributed by atoms with Crippen LogP contribution in [0.4, 0.5) is 0 Å². The van der Waals surface area contributed by atoms with E-state index in [4.69, 9.17) is 9.47 Å². The molecule has 1 aromatic carbocycles. The van der Waals surface area contributed by atoms with Crippen molar-refractivity contribution >= 4 is 5.78 Å². The van der Waals surface area contributed by atoms with Crippen molar-refractivity contribution in [2.45, 2.75) is 32.1 Å². The molecule has 1 aliphatic carbocycles. The number of ketones is 1. The highest BCUT2D eigenvalue weighted by molar-refractivity contribution is 6.00. The molecule has 2 rings (SSSR count). The highest BCUT2D eigenvalue weighted by Gasteiger charge is 2.15. The molecule has 0 fully saturated rings. The van der Waals surface area contributed by atoms with Crippen molar-refractivity contribution in [3.63, 3.8) is 0 Å². The van der Waals surface area contributed by atoms with E-state index in [2.05, 4.69) is 6.08 Å². The molecule has 0 unspecified atom stereocenters. The Hall–Kier alpha value is -1.77. The number of Topliss-reactive ketones (excluding diaryl/α,β-unsaturated/α-hetero) is 1. The van der Waals surface area contributed by atoms with Gasteiger partial charge < -0.3 is 9.47 Å². The number of carbonyl (C=O) groups is 1. The molecular formula is C16H20O3. The largest absolute Gasteiger partial charge is 0.497 e. The lowest BCUT2D eigenvalue weighted by molar-refractivity contribution is 0.0988. The van der Waals surface area contributed by atoms with Crippen molar-refractivity contribution in [3.05, 3.63) is 35.4 Å². The van der Waals surface area contributed by atoms with Gasteiger partial charge in [-0.3, -0.25) is 4.79 Å². The van der Waals surface area contributed by atoms with Crippen molar-refractivity contribution in [2.24, 2.45) is 0 Å². The lowest BCUT2D eigenvalue weighted by atomic mass is 9.93. The maximum absolute atomic E-state index is 12.3. The van der Waals surface area contributed by atoms with Crippen LogP contribution in [0.1, 0.15) is 42.5 Å². The zero-order valence-electron chi connectivity index (χ0n) is 11.6. The Balaban J connectivity index is 2.16. The predicted octanol–water partition coefficient (Wildman–Crippen LogP) is 3.78. The summed E-state index contributed by atoms with van der Waals surface area (Å²) in [6.07, 6.45) is 7.29. The van der Waals surface area contributed by atoms with Crippen LogP contribution in [0.5, 0.6) is 11.5 Å². The van der Waals surface area contributed by atoms with Gasteiger partial charge in [-0.05, 0) is 37.8 Å². The molecule has 0 atom stereocenters. The van der Waals surface area contributed by atoms with Crippen molar-refractivity contribution < 1.29 is 14.3 Å². The summed E-state index contributed by atoms with van der Waals surface area (Å²) in [7, 11) is 3.18. The number of allylic oxidation sites excluding steroid dienone is 2. The zero-order valence-corrected chi connectivity index (χ0v) is 11.6. The minimum atomic E-state index is 0.118. The predicted molar refractivity (Wildman–Crippen MR) is 75.0 cm³/mol. The number of hydrogen-bond acceptors (Lipinski definition) is 3. The summed E-state index contributed by atoms with van der Waals surface area (Å²) in [4.78, 5) is 12.3. The van der Waals surface area contributed by atoms with E-state index < -0.39 is 0 Å². The lowest BCUT2D eigenvalue weighted by Crippen LogP contribution is -2.05. The topological polar surface area (TPSA) is 35.5 Å². The summed E-state index contributed by atoms with van der Waals surface area (Å²) in [5.74, 6) is 1.40. The number of benzene rings is 1. The Morgan fingerprint density at radius 2 is 2.05 bits per heavy atom. The molecule has 102 valence electrons. The summed E-state index contributed by atoms with van der Waals surface area (Å²) in [6.45, 7) is 0. The summed E-state index contributed by atoms with van der Waals surface area (Å²) >= 11 is 0. The van der Waals surface area contributed by atoms with Gasteiger partial charge in [0.05, 0.1) is 19.8 Å². The van der Waals surface area contributed by atoms with Gasteiger partial charge in [-0.1, -0.05) is 11.6 Å². The number of rotatable bonds is 5. The van der Waals surface area contributed by atoms with E-state index in [1.807, 2.05) is 0 Å². The first-order valence-corrected chi connectivity index (χ1v) is 6.67. The van der Waals surface area contributed by atoms with E-state index in [0.29, 0.717) is 23.5 Å². The molecule has 0 bridgehead atoms. The molecule has 0 amide bonds. The van der Waals surface area contributed by atoms with Gasteiger partial charge in [0.15, 0.2) is 5.78 Å². The summed E-state index contributed by atoms with van der Waals surface area (Å²) in [5, 5.41) is 0. The van der Waals surface area contributed by atoms with Crippen LogP contribution >= 0.6 is 0 Å². The average Bonchev–Trinajstić information content (AvgIpc) is 2.47. The van der Waals surface area contributed by atoms with Crippen LogP contribution < -0.4 is 9.47 Å². The number of ether oxygens (including phenoxy) is 2. The van der Waals surface area contributed by atoms with Gasteiger partial charge >= 0.3 is 0 Å². The molecule has 1 aliphatic rings. The Labute approximate surface area is 114 Å². The molecule has 0 saturated heterocycles. The van der Waals surface area contributed by atoms with Gasteiger partial charge in [0, 0.05) is 12.5 Å². The number of carbonyl (C=O) groups excluding carboxylic acids is 1. The Morgan fingerprint density at radius 1 is 1.21 bits per heavy atom. The van der Waals surface area contributed by atoms with E-state index in [9.17, 15) is 4.79 Å². The van der Waals surface area contributed by atoms with Crippen LogP contribution in [0.2, 0.25) is 0 Å². The first-order chi connectivity index (χ1) is 9.24. The third-order valence-electron chi connectivity index (χ3n) is 3.48. The fourth-order valence-electron chi connectivity index (χ4n) is 2.40. The standard InChI is InChI=1S/C16H20O3/c1-18-13-8-9-14(16(11-13)19-2)15(17)10-12-6-4-3-5-7-12/h6,8-9,11H,3-5,7,10H2,1-2H3. The minimum Gasteiger partial charge on any atom is -0.497 e. The Bertz CT molecular complexity index is 489. The van der Waals surface area contributed by atoms with Crippen molar-refractivity contribution in [2.75, 3.05) is 14.2 Å². The highest BCUT2D eigenvalue weighted by atomic mass is 16.5. The van der Waals surface area contributed by atoms with Crippen LogP contribution in [0.3, 0.4) is 0 Å². The van der Waals surface area contributed by atoms with E-state index in [-0.39, 0.29) is 5.78 Å². The maximum Gasteiger partial charge on any atom is 0.170 e.